The minimum Gasteiger partial charge on any atom is -0.469 e. The summed E-state index contributed by atoms with van der Waals surface area (Å²) in [6.07, 6.45) is 2.05. The number of benzene rings is 1. The maximum Gasteiger partial charge on any atom is 0.319 e. The molecule has 23 heavy (non-hydrogen) atoms. The fraction of sp³-hybridized carbons (Fsp3) is 0.267. The molecule has 0 radical (unpaired) electrons. The lowest BCUT2D eigenvalue weighted by Crippen LogP contribution is -2.34. The zero-order valence-corrected chi connectivity index (χ0v) is 12.3. The van der Waals surface area contributed by atoms with Crippen LogP contribution in [0.1, 0.15) is 5.76 Å². The van der Waals surface area contributed by atoms with Gasteiger partial charge in [-0.1, -0.05) is 6.07 Å². The molecular weight excluding hydrogens is 302 g/mol. The first kappa shape index (κ1) is 16.5. The Morgan fingerprint density at radius 3 is 2.83 bits per heavy atom. The quantitative estimate of drug-likeness (QED) is 0.534. The van der Waals surface area contributed by atoms with Gasteiger partial charge < -0.3 is 20.2 Å². The third-order valence-electron chi connectivity index (χ3n) is 3.19. The number of nitrogens with one attached hydrogen (secondary N) is 2. The van der Waals surface area contributed by atoms with Crippen molar-refractivity contribution in [1.82, 2.24) is 5.32 Å². The van der Waals surface area contributed by atoms with E-state index in [-0.39, 0.29) is 24.8 Å². The van der Waals surface area contributed by atoms with Crippen LogP contribution in [0.3, 0.4) is 0 Å². The van der Waals surface area contributed by atoms with Crippen LogP contribution in [0.15, 0.2) is 47.1 Å². The average molecular weight is 319 g/mol. The zero-order chi connectivity index (χ0) is 16.7. The molecular formula is C15H17N3O5. The number of rotatable bonds is 7. The van der Waals surface area contributed by atoms with Crippen LogP contribution in [-0.2, 0) is 6.42 Å². The topological polar surface area (TPSA) is 118 Å². The second-order valence-electron chi connectivity index (χ2n) is 4.97. The Kier molecular flexibility index (Phi) is 5.70. The van der Waals surface area contributed by atoms with Gasteiger partial charge >= 0.3 is 6.03 Å². The summed E-state index contributed by atoms with van der Waals surface area (Å²) in [7, 11) is 0. The highest BCUT2D eigenvalue weighted by Gasteiger charge is 2.13. The van der Waals surface area contributed by atoms with Crippen molar-refractivity contribution >= 4 is 17.4 Å². The van der Waals surface area contributed by atoms with E-state index in [4.69, 9.17) is 4.42 Å². The van der Waals surface area contributed by atoms with E-state index in [9.17, 15) is 20.0 Å². The van der Waals surface area contributed by atoms with E-state index < -0.39 is 11.0 Å². The number of furan rings is 1. The third kappa shape index (κ3) is 5.11. The normalized spacial score (nSPS) is 11.7. The number of amides is 2. The highest BCUT2D eigenvalue weighted by atomic mass is 16.6. The van der Waals surface area contributed by atoms with Gasteiger partial charge in [-0.3, -0.25) is 10.1 Å². The summed E-state index contributed by atoms with van der Waals surface area (Å²) in [6, 6.07) is 8.71. The molecule has 0 spiro atoms. The number of hydrogen-bond donors (Lipinski definition) is 3. The number of carbonyl (C=O) groups is 1. The molecule has 3 N–H and O–H groups in total. The standard InChI is InChI=1S/C15H17N3O5/c19-10-11(7-14-5-2-6-23-14)9-16-15(20)17-12-3-1-4-13(8-12)18(21)22/h1-6,8,11,19H,7,9-10H2,(H2,16,17,20). The van der Waals surface area contributed by atoms with Gasteiger partial charge in [0.25, 0.3) is 5.69 Å². The van der Waals surface area contributed by atoms with Gasteiger partial charge in [0, 0.05) is 43.3 Å². The van der Waals surface area contributed by atoms with Crippen molar-refractivity contribution in [2.45, 2.75) is 6.42 Å². The van der Waals surface area contributed by atoms with Crippen molar-refractivity contribution in [2.24, 2.45) is 5.92 Å². The molecule has 0 saturated heterocycles. The van der Waals surface area contributed by atoms with Crippen molar-refractivity contribution in [3.63, 3.8) is 0 Å². The molecule has 2 rings (SSSR count). The van der Waals surface area contributed by atoms with E-state index in [0.717, 1.165) is 5.76 Å². The number of nitrogens with zero attached hydrogens (tertiary/aromatic N) is 1. The molecule has 0 bridgehead atoms. The lowest BCUT2D eigenvalue weighted by atomic mass is 10.1. The van der Waals surface area contributed by atoms with Crippen molar-refractivity contribution in [3.05, 3.63) is 58.5 Å². The number of aliphatic hydroxyl groups excluding tert-OH is 1. The van der Waals surface area contributed by atoms with Crippen LogP contribution in [0.5, 0.6) is 0 Å². The number of nitro benzene ring substituents is 1. The van der Waals surface area contributed by atoms with Crippen LogP contribution >= 0.6 is 0 Å². The molecule has 1 unspecified atom stereocenters. The average Bonchev–Trinajstić information content (AvgIpc) is 3.04. The lowest BCUT2D eigenvalue weighted by Gasteiger charge is -2.14. The Balaban J connectivity index is 1.84. The molecule has 2 amide bonds. The van der Waals surface area contributed by atoms with Gasteiger partial charge in [0.1, 0.15) is 5.76 Å². The van der Waals surface area contributed by atoms with Gasteiger partial charge in [0.15, 0.2) is 0 Å². The van der Waals surface area contributed by atoms with Gasteiger partial charge in [-0.2, -0.15) is 0 Å². The summed E-state index contributed by atoms with van der Waals surface area (Å²) >= 11 is 0. The molecule has 0 aliphatic carbocycles. The van der Waals surface area contributed by atoms with E-state index in [1.165, 1.54) is 18.2 Å². The van der Waals surface area contributed by atoms with E-state index in [1.807, 2.05) is 0 Å². The summed E-state index contributed by atoms with van der Waals surface area (Å²) in [4.78, 5) is 22.0. The number of nitro groups is 1. The summed E-state index contributed by atoms with van der Waals surface area (Å²) < 4.78 is 5.20. The first-order valence-corrected chi connectivity index (χ1v) is 7.01. The van der Waals surface area contributed by atoms with Crippen molar-refractivity contribution < 1.29 is 19.2 Å². The van der Waals surface area contributed by atoms with Crippen molar-refractivity contribution in [3.8, 4) is 0 Å². The van der Waals surface area contributed by atoms with Crippen LogP contribution in [0.4, 0.5) is 16.2 Å². The van der Waals surface area contributed by atoms with Gasteiger partial charge in [0.05, 0.1) is 11.2 Å². The molecule has 2 aromatic rings. The van der Waals surface area contributed by atoms with E-state index in [1.54, 1.807) is 24.5 Å². The summed E-state index contributed by atoms with van der Waals surface area (Å²) in [5, 5.41) is 25.2. The van der Waals surface area contributed by atoms with E-state index >= 15 is 0 Å². The first-order valence-electron chi connectivity index (χ1n) is 7.01. The maximum absolute atomic E-state index is 11.8. The molecule has 8 nitrogen and oxygen atoms in total. The molecule has 122 valence electrons. The Morgan fingerprint density at radius 2 is 2.17 bits per heavy atom. The van der Waals surface area contributed by atoms with Gasteiger partial charge in [-0.25, -0.2) is 4.79 Å². The fourth-order valence-electron chi connectivity index (χ4n) is 2.02. The smallest absolute Gasteiger partial charge is 0.319 e. The molecule has 1 heterocycles. The monoisotopic (exact) mass is 319 g/mol. The predicted molar refractivity (Wildman–Crippen MR) is 83.1 cm³/mol. The Bertz CT molecular complexity index is 657. The largest absolute Gasteiger partial charge is 0.469 e. The molecule has 1 aromatic heterocycles. The van der Waals surface area contributed by atoms with Gasteiger partial charge in [-0.05, 0) is 18.2 Å². The van der Waals surface area contributed by atoms with Gasteiger partial charge in [0.2, 0.25) is 0 Å². The fourth-order valence-corrected chi connectivity index (χ4v) is 2.02. The second kappa shape index (κ2) is 7.95. The van der Waals surface area contributed by atoms with Crippen LogP contribution in [0.2, 0.25) is 0 Å². The molecule has 8 heteroatoms. The number of carbonyl (C=O) groups excluding carboxylic acids is 1. The molecule has 0 fully saturated rings. The minimum atomic E-state index is -0.533. The third-order valence-corrected chi connectivity index (χ3v) is 3.19. The van der Waals surface area contributed by atoms with Crippen molar-refractivity contribution in [1.29, 1.82) is 0 Å². The maximum atomic E-state index is 11.8. The number of non-ortho nitro benzene ring substituents is 1. The first-order chi connectivity index (χ1) is 11.1. The van der Waals surface area contributed by atoms with Crippen LogP contribution in [0.25, 0.3) is 0 Å². The molecule has 0 aliphatic rings. The predicted octanol–water partition coefficient (Wildman–Crippen LogP) is 2.16. The number of hydrogen-bond acceptors (Lipinski definition) is 5. The minimum absolute atomic E-state index is 0.0994. The molecule has 1 aromatic carbocycles. The Hall–Kier alpha value is -2.87. The molecule has 0 aliphatic heterocycles. The molecule has 1 atom stereocenters. The zero-order valence-electron chi connectivity index (χ0n) is 12.3. The second-order valence-corrected chi connectivity index (χ2v) is 4.97. The summed E-state index contributed by atoms with van der Waals surface area (Å²) in [5.41, 5.74) is 0.220. The van der Waals surface area contributed by atoms with Gasteiger partial charge in [-0.15, -0.1) is 0 Å². The highest BCUT2D eigenvalue weighted by Crippen LogP contribution is 2.16. The molecule has 0 saturated carbocycles. The Labute approximate surface area is 132 Å². The summed E-state index contributed by atoms with van der Waals surface area (Å²) in [5.74, 6) is 0.543. The SMILES string of the molecule is O=C(NCC(CO)Cc1ccco1)Nc1cccc([N+](=O)[O-])c1. The highest BCUT2D eigenvalue weighted by molar-refractivity contribution is 5.89. The van der Waals surface area contributed by atoms with E-state index in [2.05, 4.69) is 10.6 Å². The number of aliphatic hydroxyl groups is 1. The van der Waals surface area contributed by atoms with Crippen LogP contribution in [0, 0.1) is 16.0 Å². The number of anilines is 1. The van der Waals surface area contributed by atoms with Crippen molar-refractivity contribution in [2.75, 3.05) is 18.5 Å². The summed E-state index contributed by atoms with van der Waals surface area (Å²) in [6.45, 7) is 0.149. The number of urea groups is 1. The van der Waals surface area contributed by atoms with Crippen LogP contribution in [-0.4, -0.2) is 29.2 Å². The van der Waals surface area contributed by atoms with Crippen LogP contribution < -0.4 is 10.6 Å². The lowest BCUT2D eigenvalue weighted by molar-refractivity contribution is -0.384. The van der Waals surface area contributed by atoms with E-state index in [0.29, 0.717) is 12.1 Å². The Morgan fingerprint density at radius 1 is 1.35 bits per heavy atom.